The molecular weight excluding hydrogens is 183 g/mol. The Bertz CT molecular complexity index is 247. The van der Waals surface area contributed by atoms with Crippen molar-refractivity contribution in [3.8, 4) is 0 Å². The SMILES string of the molecule is Cn1nc(C(F)(F)F)nc1Cl. The lowest BCUT2D eigenvalue weighted by Crippen LogP contribution is -2.08. The molecule has 0 aliphatic carbocycles. The van der Waals surface area contributed by atoms with Crippen molar-refractivity contribution in [2.75, 3.05) is 0 Å². The summed E-state index contributed by atoms with van der Waals surface area (Å²) < 4.78 is 36.2. The number of hydrogen-bond acceptors (Lipinski definition) is 2. The third-order valence-electron chi connectivity index (χ3n) is 0.963. The largest absolute Gasteiger partial charge is 0.453 e. The van der Waals surface area contributed by atoms with Crippen molar-refractivity contribution >= 4 is 11.6 Å². The minimum absolute atomic E-state index is 0.280. The predicted molar refractivity (Wildman–Crippen MR) is 31.0 cm³/mol. The maximum absolute atomic E-state index is 11.8. The minimum atomic E-state index is -4.52. The Hall–Kier alpha value is -0.780. The smallest absolute Gasteiger partial charge is 0.239 e. The van der Waals surface area contributed by atoms with Crippen molar-refractivity contribution in [1.82, 2.24) is 14.8 Å². The molecule has 1 aromatic rings. The van der Waals surface area contributed by atoms with Crippen LogP contribution < -0.4 is 0 Å². The lowest BCUT2D eigenvalue weighted by molar-refractivity contribution is -0.144. The Morgan fingerprint density at radius 2 is 2.00 bits per heavy atom. The number of alkyl halides is 3. The van der Waals surface area contributed by atoms with Gasteiger partial charge in [0.15, 0.2) is 0 Å². The van der Waals surface area contributed by atoms with Gasteiger partial charge < -0.3 is 0 Å². The minimum Gasteiger partial charge on any atom is -0.239 e. The zero-order valence-electron chi connectivity index (χ0n) is 5.35. The van der Waals surface area contributed by atoms with Crippen LogP contribution in [0.4, 0.5) is 13.2 Å². The Balaban J connectivity index is 3.08. The lowest BCUT2D eigenvalue weighted by Gasteiger charge is -1.96. The molecule has 0 saturated carbocycles. The topological polar surface area (TPSA) is 30.7 Å². The number of halogens is 4. The van der Waals surface area contributed by atoms with Gasteiger partial charge in [0.1, 0.15) is 0 Å². The lowest BCUT2D eigenvalue weighted by atomic mass is 10.6. The van der Waals surface area contributed by atoms with Crippen molar-refractivity contribution in [2.45, 2.75) is 6.18 Å². The van der Waals surface area contributed by atoms with E-state index in [1.165, 1.54) is 7.05 Å². The average molecular weight is 186 g/mol. The summed E-state index contributed by atoms with van der Waals surface area (Å²) in [6.07, 6.45) is -4.52. The van der Waals surface area contributed by atoms with Crippen molar-refractivity contribution in [2.24, 2.45) is 7.05 Å². The van der Waals surface area contributed by atoms with Crippen LogP contribution in [-0.2, 0) is 13.2 Å². The fourth-order valence-electron chi connectivity index (χ4n) is 0.486. The summed E-state index contributed by atoms with van der Waals surface area (Å²) in [5.41, 5.74) is 0. The van der Waals surface area contributed by atoms with Gasteiger partial charge in [-0.15, -0.1) is 5.10 Å². The molecule has 1 rings (SSSR count). The first-order valence-electron chi connectivity index (χ1n) is 2.55. The van der Waals surface area contributed by atoms with Crippen LogP contribution >= 0.6 is 11.6 Å². The maximum Gasteiger partial charge on any atom is 0.453 e. The molecular formula is C4H3ClF3N3. The van der Waals surface area contributed by atoms with Crippen molar-refractivity contribution in [3.05, 3.63) is 11.1 Å². The molecule has 1 heterocycles. The number of aryl methyl sites for hydroxylation is 1. The molecule has 7 heteroatoms. The van der Waals surface area contributed by atoms with E-state index in [4.69, 9.17) is 11.6 Å². The summed E-state index contributed by atoms with van der Waals surface area (Å²) in [7, 11) is 1.28. The van der Waals surface area contributed by atoms with Crippen LogP contribution in [0, 0.1) is 0 Å². The van der Waals surface area contributed by atoms with E-state index in [2.05, 4.69) is 10.1 Å². The predicted octanol–water partition coefficient (Wildman–Crippen LogP) is 1.49. The van der Waals surface area contributed by atoms with Crippen LogP contribution in [0.25, 0.3) is 0 Å². The summed E-state index contributed by atoms with van der Waals surface area (Å²) >= 11 is 5.22. The van der Waals surface area contributed by atoms with E-state index < -0.39 is 12.0 Å². The van der Waals surface area contributed by atoms with Gasteiger partial charge in [0.25, 0.3) is 5.82 Å². The third kappa shape index (κ3) is 1.62. The number of hydrogen-bond donors (Lipinski definition) is 0. The van der Waals surface area contributed by atoms with Gasteiger partial charge in [0.2, 0.25) is 5.28 Å². The molecule has 0 atom stereocenters. The summed E-state index contributed by atoms with van der Waals surface area (Å²) in [4.78, 5) is 2.97. The highest BCUT2D eigenvalue weighted by Crippen LogP contribution is 2.26. The first kappa shape index (κ1) is 8.32. The Morgan fingerprint density at radius 1 is 1.45 bits per heavy atom. The molecule has 0 fully saturated rings. The van der Waals surface area contributed by atoms with Crippen molar-refractivity contribution in [1.29, 1.82) is 0 Å². The second-order valence-electron chi connectivity index (χ2n) is 1.83. The Labute approximate surface area is 64.8 Å². The van der Waals surface area contributed by atoms with Gasteiger partial charge in [0.05, 0.1) is 0 Å². The molecule has 0 saturated heterocycles. The molecule has 0 N–H and O–H groups in total. The van der Waals surface area contributed by atoms with Gasteiger partial charge in [0, 0.05) is 7.05 Å². The summed E-state index contributed by atoms with van der Waals surface area (Å²) in [5.74, 6) is -1.22. The standard InChI is InChI=1S/C4H3ClF3N3/c1-11-3(5)9-2(10-11)4(6,7)8/h1H3. The quantitative estimate of drug-likeness (QED) is 0.613. The molecule has 0 bridgehead atoms. The number of rotatable bonds is 0. The van der Waals surface area contributed by atoms with E-state index in [0.29, 0.717) is 0 Å². The summed E-state index contributed by atoms with van der Waals surface area (Å²) in [6.45, 7) is 0. The molecule has 1 aromatic heterocycles. The summed E-state index contributed by atoms with van der Waals surface area (Å²) in [5, 5.41) is 2.75. The molecule has 11 heavy (non-hydrogen) atoms. The van der Waals surface area contributed by atoms with Crippen molar-refractivity contribution in [3.63, 3.8) is 0 Å². The molecule has 62 valence electrons. The normalized spacial score (nSPS) is 12.1. The fraction of sp³-hybridized carbons (Fsp3) is 0.500. The van der Waals surface area contributed by atoms with Crippen LogP contribution in [0.2, 0.25) is 5.28 Å². The second-order valence-corrected chi connectivity index (χ2v) is 2.16. The zero-order chi connectivity index (χ0) is 8.65. The molecule has 0 aliphatic heterocycles. The van der Waals surface area contributed by atoms with E-state index in [9.17, 15) is 13.2 Å². The van der Waals surface area contributed by atoms with Gasteiger partial charge in [-0.1, -0.05) is 0 Å². The molecule has 0 aromatic carbocycles. The van der Waals surface area contributed by atoms with Gasteiger partial charge in [-0.2, -0.15) is 18.2 Å². The maximum atomic E-state index is 11.8. The van der Waals surface area contributed by atoms with Gasteiger partial charge in [-0.3, -0.25) is 0 Å². The molecule has 3 nitrogen and oxygen atoms in total. The molecule has 0 spiro atoms. The van der Waals surface area contributed by atoms with Gasteiger partial charge >= 0.3 is 6.18 Å². The Morgan fingerprint density at radius 3 is 2.18 bits per heavy atom. The van der Waals surface area contributed by atoms with Crippen LogP contribution in [0.3, 0.4) is 0 Å². The molecule has 0 aliphatic rings. The van der Waals surface area contributed by atoms with Crippen LogP contribution in [0.5, 0.6) is 0 Å². The van der Waals surface area contributed by atoms with E-state index in [-0.39, 0.29) is 5.28 Å². The van der Waals surface area contributed by atoms with E-state index in [1.807, 2.05) is 0 Å². The molecule has 0 unspecified atom stereocenters. The van der Waals surface area contributed by atoms with Crippen LogP contribution in [-0.4, -0.2) is 14.8 Å². The fourth-order valence-corrected chi connectivity index (χ4v) is 0.603. The number of nitrogens with zero attached hydrogens (tertiary/aromatic N) is 3. The monoisotopic (exact) mass is 185 g/mol. The van der Waals surface area contributed by atoms with Crippen LogP contribution in [0.15, 0.2) is 0 Å². The third-order valence-corrected chi connectivity index (χ3v) is 1.29. The van der Waals surface area contributed by atoms with Gasteiger partial charge in [-0.05, 0) is 11.6 Å². The zero-order valence-corrected chi connectivity index (χ0v) is 6.11. The van der Waals surface area contributed by atoms with E-state index >= 15 is 0 Å². The number of aromatic nitrogens is 3. The molecule has 0 amide bonds. The first-order valence-corrected chi connectivity index (χ1v) is 2.93. The molecule has 0 radical (unpaired) electrons. The summed E-state index contributed by atoms with van der Waals surface area (Å²) in [6, 6.07) is 0. The second kappa shape index (κ2) is 2.37. The highest BCUT2D eigenvalue weighted by Gasteiger charge is 2.36. The van der Waals surface area contributed by atoms with Crippen molar-refractivity contribution < 1.29 is 13.2 Å². The van der Waals surface area contributed by atoms with Gasteiger partial charge in [-0.25, -0.2) is 4.68 Å². The van der Waals surface area contributed by atoms with E-state index in [1.54, 1.807) is 0 Å². The van der Waals surface area contributed by atoms with E-state index in [0.717, 1.165) is 4.68 Å². The Kier molecular flexibility index (Phi) is 1.79. The highest BCUT2D eigenvalue weighted by molar-refractivity contribution is 6.28. The highest BCUT2D eigenvalue weighted by atomic mass is 35.5. The van der Waals surface area contributed by atoms with Crippen LogP contribution in [0.1, 0.15) is 5.82 Å². The first-order chi connectivity index (χ1) is 4.91. The average Bonchev–Trinajstić information content (AvgIpc) is 2.11.